The lowest BCUT2D eigenvalue weighted by Gasteiger charge is -2.11. The van der Waals surface area contributed by atoms with Gasteiger partial charge in [-0.1, -0.05) is 6.07 Å². The topological polar surface area (TPSA) is 55.1 Å². The molecule has 14 heavy (non-hydrogen) atoms. The van der Waals surface area contributed by atoms with Gasteiger partial charge in [0, 0.05) is 5.56 Å². The molecule has 0 aliphatic carbocycles. The van der Waals surface area contributed by atoms with Gasteiger partial charge in [0.1, 0.15) is 11.6 Å². The van der Waals surface area contributed by atoms with E-state index in [-0.39, 0.29) is 5.56 Å². The maximum absolute atomic E-state index is 13.1. The molecule has 5 heteroatoms. The second kappa shape index (κ2) is 4.15. The van der Waals surface area contributed by atoms with Crippen LogP contribution in [0.3, 0.4) is 0 Å². The molecule has 1 aromatic carbocycles. The molecule has 0 saturated carbocycles. The molecule has 0 saturated heterocycles. The number of carbonyl (C=O) groups is 1. The van der Waals surface area contributed by atoms with E-state index in [2.05, 4.69) is 0 Å². The second-order valence-electron chi connectivity index (χ2n) is 2.87. The van der Waals surface area contributed by atoms with Gasteiger partial charge in [0.15, 0.2) is 0 Å². The van der Waals surface area contributed by atoms with Crippen LogP contribution in [0.4, 0.5) is 8.78 Å². The Morgan fingerprint density at radius 3 is 2.36 bits per heavy atom. The van der Waals surface area contributed by atoms with Crippen molar-refractivity contribution in [2.75, 3.05) is 0 Å². The molecule has 0 aliphatic heterocycles. The molecule has 1 aromatic rings. The number of hydrogen-bond acceptors (Lipinski definition) is 2. The van der Waals surface area contributed by atoms with E-state index in [4.69, 9.17) is 5.84 Å². The number of hydrogen-bond donors (Lipinski definition) is 2. The van der Waals surface area contributed by atoms with Crippen LogP contribution in [0.25, 0.3) is 0 Å². The molecule has 76 valence electrons. The first-order valence-corrected chi connectivity index (χ1v) is 4.02. The second-order valence-corrected chi connectivity index (χ2v) is 2.87. The average molecular weight is 200 g/mol. The van der Waals surface area contributed by atoms with Gasteiger partial charge in [-0.3, -0.25) is 10.2 Å². The molecule has 1 rings (SSSR count). The Bertz CT molecular complexity index is 334. The largest absolute Gasteiger partial charge is 0.294 e. The van der Waals surface area contributed by atoms with Gasteiger partial charge in [-0.15, -0.1) is 0 Å². The molecule has 0 bridgehead atoms. The van der Waals surface area contributed by atoms with Crippen molar-refractivity contribution in [3.05, 3.63) is 35.4 Å². The summed E-state index contributed by atoms with van der Waals surface area (Å²) >= 11 is 0. The first-order chi connectivity index (χ1) is 6.57. The quantitative estimate of drug-likeness (QED) is 0.426. The summed E-state index contributed by atoms with van der Waals surface area (Å²) in [6, 6.07) is 3.43. The maximum Gasteiger partial charge on any atom is 0.241 e. The third-order valence-corrected chi connectivity index (χ3v) is 1.97. The minimum atomic E-state index is -0.943. The standard InChI is InChI=1S/C9H10F2N2O/c1-5(9(14)13-12)8-6(10)3-2-4-7(8)11/h2-5H,12H2,1H3,(H,13,14). The van der Waals surface area contributed by atoms with Gasteiger partial charge in [0.2, 0.25) is 5.91 Å². The SMILES string of the molecule is CC(C(=O)NN)c1c(F)cccc1F. The van der Waals surface area contributed by atoms with Crippen LogP contribution in [0.2, 0.25) is 0 Å². The van der Waals surface area contributed by atoms with Crippen LogP contribution in [0.1, 0.15) is 18.4 Å². The van der Waals surface area contributed by atoms with Gasteiger partial charge in [0.05, 0.1) is 5.92 Å². The summed E-state index contributed by atoms with van der Waals surface area (Å²) in [5.41, 5.74) is 1.58. The highest BCUT2D eigenvalue weighted by Gasteiger charge is 2.21. The first kappa shape index (κ1) is 10.6. The number of nitrogens with one attached hydrogen (secondary N) is 1. The van der Waals surface area contributed by atoms with Crippen molar-refractivity contribution in [2.45, 2.75) is 12.8 Å². The Balaban J connectivity index is 3.11. The van der Waals surface area contributed by atoms with Crippen LogP contribution in [-0.4, -0.2) is 5.91 Å². The zero-order chi connectivity index (χ0) is 10.7. The number of amides is 1. The highest BCUT2D eigenvalue weighted by atomic mass is 19.1. The van der Waals surface area contributed by atoms with Crippen molar-refractivity contribution < 1.29 is 13.6 Å². The van der Waals surface area contributed by atoms with E-state index in [0.29, 0.717) is 0 Å². The van der Waals surface area contributed by atoms with Crippen LogP contribution in [0.5, 0.6) is 0 Å². The van der Waals surface area contributed by atoms with E-state index in [1.165, 1.54) is 13.0 Å². The summed E-state index contributed by atoms with van der Waals surface area (Å²) in [5.74, 6) is 1.79. The predicted octanol–water partition coefficient (Wildman–Crippen LogP) is 1.06. The smallest absolute Gasteiger partial charge is 0.241 e. The zero-order valence-electron chi connectivity index (χ0n) is 7.55. The van der Waals surface area contributed by atoms with Crippen LogP contribution >= 0.6 is 0 Å². The van der Waals surface area contributed by atoms with Gasteiger partial charge in [-0.25, -0.2) is 14.6 Å². The summed E-state index contributed by atoms with van der Waals surface area (Å²) in [6.45, 7) is 1.38. The van der Waals surface area contributed by atoms with Crippen molar-refractivity contribution in [3.8, 4) is 0 Å². The van der Waals surface area contributed by atoms with Gasteiger partial charge in [-0.05, 0) is 19.1 Å². The Morgan fingerprint density at radius 2 is 1.93 bits per heavy atom. The lowest BCUT2D eigenvalue weighted by molar-refractivity contribution is -0.122. The summed E-state index contributed by atoms with van der Waals surface area (Å²) in [7, 11) is 0. The molecule has 0 radical (unpaired) electrons. The Morgan fingerprint density at radius 1 is 1.43 bits per heavy atom. The summed E-state index contributed by atoms with van der Waals surface area (Å²) in [6.07, 6.45) is 0. The third-order valence-electron chi connectivity index (χ3n) is 1.97. The van der Waals surface area contributed by atoms with Gasteiger partial charge < -0.3 is 0 Å². The fourth-order valence-electron chi connectivity index (χ4n) is 1.18. The van der Waals surface area contributed by atoms with E-state index in [1.807, 2.05) is 5.43 Å². The highest BCUT2D eigenvalue weighted by molar-refractivity contribution is 5.82. The lowest BCUT2D eigenvalue weighted by Crippen LogP contribution is -2.34. The zero-order valence-corrected chi connectivity index (χ0v) is 7.55. The number of carbonyl (C=O) groups excluding carboxylic acids is 1. The van der Waals surface area contributed by atoms with Crippen molar-refractivity contribution >= 4 is 5.91 Å². The van der Waals surface area contributed by atoms with Gasteiger partial charge in [-0.2, -0.15) is 0 Å². The highest BCUT2D eigenvalue weighted by Crippen LogP contribution is 2.21. The maximum atomic E-state index is 13.1. The van der Waals surface area contributed by atoms with Crippen molar-refractivity contribution in [2.24, 2.45) is 5.84 Å². The molecule has 1 atom stereocenters. The van der Waals surface area contributed by atoms with Crippen molar-refractivity contribution in [1.82, 2.24) is 5.43 Å². The summed E-state index contributed by atoms with van der Waals surface area (Å²) < 4.78 is 26.3. The summed E-state index contributed by atoms with van der Waals surface area (Å²) in [4.78, 5) is 11.0. The Hall–Kier alpha value is -1.49. The van der Waals surface area contributed by atoms with E-state index in [9.17, 15) is 13.6 Å². The molecule has 1 unspecified atom stereocenters. The molecular formula is C9H10F2N2O. The number of rotatable bonds is 2. The Labute approximate surface area is 79.9 Å². The number of hydrazine groups is 1. The monoisotopic (exact) mass is 200 g/mol. The van der Waals surface area contributed by atoms with E-state index in [1.54, 1.807) is 0 Å². The number of nitrogens with two attached hydrogens (primary N) is 1. The predicted molar refractivity (Wildman–Crippen MR) is 47.1 cm³/mol. The van der Waals surface area contributed by atoms with Crippen LogP contribution in [0, 0.1) is 11.6 Å². The van der Waals surface area contributed by atoms with E-state index >= 15 is 0 Å². The minimum absolute atomic E-state index is 0.268. The van der Waals surface area contributed by atoms with Crippen molar-refractivity contribution in [3.63, 3.8) is 0 Å². The van der Waals surface area contributed by atoms with Crippen molar-refractivity contribution in [1.29, 1.82) is 0 Å². The first-order valence-electron chi connectivity index (χ1n) is 4.02. The Kier molecular flexibility index (Phi) is 3.14. The number of benzene rings is 1. The minimum Gasteiger partial charge on any atom is -0.294 e. The van der Waals surface area contributed by atoms with Gasteiger partial charge in [0.25, 0.3) is 0 Å². The van der Waals surface area contributed by atoms with Crippen LogP contribution in [0.15, 0.2) is 18.2 Å². The molecule has 0 spiro atoms. The summed E-state index contributed by atoms with van der Waals surface area (Å²) in [5, 5.41) is 0. The van der Waals surface area contributed by atoms with E-state index < -0.39 is 23.5 Å². The normalized spacial score (nSPS) is 12.3. The number of halogens is 2. The molecule has 0 aromatic heterocycles. The lowest BCUT2D eigenvalue weighted by atomic mass is 9.99. The molecule has 0 heterocycles. The molecule has 0 fully saturated rings. The molecule has 3 N–H and O–H groups in total. The fraction of sp³-hybridized carbons (Fsp3) is 0.222. The van der Waals surface area contributed by atoms with Crippen LogP contribution in [-0.2, 0) is 4.79 Å². The van der Waals surface area contributed by atoms with Gasteiger partial charge >= 0.3 is 0 Å². The molecule has 3 nitrogen and oxygen atoms in total. The van der Waals surface area contributed by atoms with Crippen LogP contribution < -0.4 is 11.3 Å². The average Bonchev–Trinajstić information content (AvgIpc) is 2.16. The molecule has 0 aliphatic rings. The molecule has 1 amide bonds. The van der Waals surface area contributed by atoms with E-state index in [0.717, 1.165) is 12.1 Å². The molecular weight excluding hydrogens is 190 g/mol. The third kappa shape index (κ3) is 1.88. The fourth-order valence-corrected chi connectivity index (χ4v) is 1.18.